The second-order valence-corrected chi connectivity index (χ2v) is 8.23. The number of benzene rings is 3. The van der Waals surface area contributed by atoms with Crippen LogP contribution >= 0.6 is 0 Å². The SMILES string of the molecule is Cc1ccc(C2=NO[C@H](CN(Cc3cccc(C(F)(F)F)c3)C(=O)c3cccc(F)c3)C2)cc1. The molecule has 0 radical (unpaired) electrons. The van der Waals surface area contributed by atoms with E-state index in [4.69, 9.17) is 4.84 Å². The number of oxime groups is 1. The molecule has 4 nitrogen and oxygen atoms in total. The highest BCUT2D eigenvalue weighted by atomic mass is 19.4. The molecule has 4 rings (SSSR count). The first-order valence-electron chi connectivity index (χ1n) is 10.7. The summed E-state index contributed by atoms with van der Waals surface area (Å²) in [4.78, 5) is 20.1. The number of aryl methyl sites for hydroxylation is 1. The molecule has 0 fully saturated rings. The van der Waals surface area contributed by atoms with E-state index in [1.807, 2.05) is 31.2 Å². The molecule has 0 saturated carbocycles. The van der Waals surface area contributed by atoms with Crippen LogP contribution < -0.4 is 0 Å². The van der Waals surface area contributed by atoms with Gasteiger partial charge in [-0.15, -0.1) is 0 Å². The maximum absolute atomic E-state index is 13.7. The molecule has 0 spiro atoms. The van der Waals surface area contributed by atoms with Crippen LogP contribution in [0.25, 0.3) is 0 Å². The number of carbonyl (C=O) groups is 1. The number of halogens is 4. The molecule has 8 heteroatoms. The smallest absolute Gasteiger partial charge is 0.390 e. The summed E-state index contributed by atoms with van der Waals surface area (Å²) < 4.78 is 53.3. The topological polar surface area (TPSA) is 41.9 Å². The molecule has 1 atom stereocenters. The number of nitrogens with zero attached hydrogens (tertiary/aromatic N) is 2. The minimum atomic E-state index is -4.50. The highest BCUT2D eigenvalue weighted by Gasteiger charge is 2.31. The highest BCUT2D eigenvalue weighted by Crippen LogP contribution is 2.30. The Morgan fingerprint density at radius 3 is 2.50 bits per heavy atom. The molecule has 1 amide bonds. The van der Waals surface area contributed by atoms with Crippen LogP contribution in [0.4, 0.5) is 17.6 Å². The van der Waals surface area contributed by atoms with Gasteiger partial charge in [0.25, 0.3) is 5.91 Å². The first-order chi connectivity index (χ1) is 16.2. The Labute approximate surface area is 194 Å². The molecule has 1 aliphatic rings. The number of hydrogen-bond acceptors (Lipinski definition) is 3. The van der Waals surface area contributed by atoms with E-state index in [2.05, 4.69) is 5.16 Å². The summed E-state index contributed by atoms with van der Waals surface area (Å²) in [5.74, 6) is -1.09. The van der Waals surface area contributed by atoms with Gasteiger partial charge in [-0.25, -0.2) is 4.39 Å². The lowest BCUT2D eigenvalue weighted by Gasteiger charge is -2.25. The van der Waals surface area contributed by atoms with Gasteiger partial charge >= 0.3 is 6.18 Å². The zero-order chi connectivity index (χ0) is 24.3. The molecule has 0 aromatic heterocycles. The lowest BCUT2D eigenvalue weighted by molar-refractivity contribution is -0.137. The van der Waals surface area contributed by atoms with Crippen molar-refractivity contribution in [1.29, 1.82) is 0 Å². The van der Waals surface area contributed by atoms with Crippen LogP contribution in [-0.4, -0.2) is 29.2 Å². The Kier molecular flexibility index (Phi) is 6.68. The first kappa shape index (κ1) is 23.5. The molecule has 0 unspecified atom stereocenters. The Bertz CT molecular complexity index is 1210. The molecule has 1 heterocycles. The number of hydrogen-bond donors (Lipinski definition) is 0. The third-order valence-electron chi connectivity index (χ3n) is 5.53. The van der Waals surface area contributed by atoms with E-state index < -0.39 is 29.6 Å². The molecule has 3 aromatic carbocycles. The largest absolute Gasteiger partial charge is 0.416 e. The Morgan fingerprint density at radius 1 is 1.06 bits per heavy atom. The van der Waals surface area contributed by atoms with E-state index in [1.54, 1.807) is 0 Å². The normalized spacial score (nSPS) is 15.6. The number of amides is 1. The van der Waals surface area contributed by atoms with Crippen molar-refractivity contribution >= 4 is 11.6 Å². The minimum Gasteiger partial charge on any atom is -0.390 e. The average molecular weight is 470 g/mol. The van der Waals surface area contributed by atoms with Crippen LogP contribution in [-0.2, 0) is 17.6 Å². The summed E-state index contributed by atoms with van der Waals surface area (Å²) in [5, 5.41) is 4.14. The van der Waals surface area contributed by atoms with Crippen molar-refractivity contribution in [3.8, 4) is 0 Å². The van der Waals surface area contributed by atoms with Gasteiger partial charge in [-0.2, -0.15) is 13.2 Å². The van der Waals surface area contributed by atoms with Gasteiger partial charge in [0.05, 0.1) is 17.8 Å². The van der Waals surface area contributed by atoms with Gasteiger partial charge in [-0.3, -0.25) is 4.79 Å². The summed E-state index contributed by atoms with van der Waals surface area (Å²) in [6.45, 7) is 1.95. The predicted octanol–water partition coefficient (Wildman–Crippen LogP) is 5.99. The summed E-state index contributed by atoms with van der Waals surface area (Å²) >= 11 is 0. The van der Waals surface area contributed by atoms with Gasteiger partial charge in [-0.1, -0.05) is 53.2 Å². The Morgan fingerprint density at radius 2 is 1.79 bits per heavy atom. The third kappa shape index (κ3) is 5.62. The molecule has 0 N–H and O–H groups in total. The predicted molar refractivity (Wildman–Crippen MR) is 120 cm³/mol. The quantitative estimate of drug-likeness (QED) is 0.416. The third-order valence-corrected chi connectivity index (χ3v) is 5.53. The lowest BCUT2D eigenvalue weighted by atomic mass is 10.0. The van der Waals surface area contributed by atoms with Crippen LogP contribution in [0.2, 0.25) is 0 Å². The molecular weight excluding hydrogens is 448 g/mol. The van der Waals surface area contributed by atoms with Crippen molar-refractivity contribution < 1.29 is 27.2 Å². The van der Waals surface area contributed by atoms with E-state index in [1.165, 1.54) is 35.2 Å². The summed E-state index contributed by atoms with van der Waals surface area (Å²) in [7, 11) is 0. The maximum Gasteiger partial charge on any atom is 0.416 e. The zero-order valence-corrected chi connectivity index (χ0v) is 18.3. The van der Waals surface area contributed by atoms with Crippen molar-refractivity contribution in [2.45, 2.75) is 32.2 Å². The van der Waals surface area contributed by atoms with Crippen LogP contribution in [0.1, 0.15) is 39.0 Å². The summed E-state index contributed by atoms with van der Waals surface area (Å²) in [5.41, 5.74) is 2.33. The molecular formula is C26H22F4N2O2. The maximum atomic E-state index is 13.7. The van der Waals surface area contributed by atoms with E-state index in [0.29, 0.717) is 12.0 Å². The minimum absolute atomic E-state index is 0.0739. The molecule has 0 saturated heterocycles. The van der Waals surface area contributed by atoms with Crippen molar-refractivity contribution in [2.75, 3.05) is 6.54 Å². The van der Waals surface area contributed by atoms with Crippen LogP contribution in [0.5, 0.6) is 0 Å². The van der Waals surface area contributed by atoms with Gasteiger partial charge in [0, 0.05) is 18.5 Å². The molecule has 176 valence electrons. The summed E-state index contributed by atoms with van der Waals surface area (Å²) in [6, 6.07) is 17.8. The fourth-order valence-electron chi connectivity index (χ4n) is 3.78. The summed E-state index contributed by atoms with van der Waals surface area (Å²) in [6.07, 6.45) is -4.56. The van der Waals surface area contributed by atoms with Gasteiger partial charge < -0.3 is 9.74 Å². The van der Waals surface area contributed by atoms with Crippen molar-refractivity contribution in [3.05, 3.63) is 106 Å². The molecule has 3 aromatic rings. The van der Waals surface area contributed by atoms with E-state index >= 15 is 0 Å². The van der Waals surface area contributed by atoms with E-state index in [-0.39, 0.29) is 18.7 Å². The zero-order valence-electron chi connectivity index (χ0n) is 18.3. The second-order valence-electron chi connectivity index (χ2n) is 8.23. The van der Waals surface area contributed by atoms with Crippen molar-refractivity contribution in [1.82, 2.24) is 4.90 Å². The Balaban J connectivity index is 1.55. The van der Waals surface area contributed by atoms with E-state index in [0.717, 1.165) is 35.0 Å². The number of carbonyl (C=O) groups excluding carboxylic acids is 1. The fourth-order valence-corrected chi connectivity index (χ4v) is 3.78. The van der Waals surface area contributed by atoms with Crippen LogP contribution in [0.3, 0.4) is 0 Å². The van der Waals surface area contributed by atoms with Gasteiger partial charge in [-0.05, 0) is 48.4 Å². The van der Waals surface area contributed by atoms with Gasteiger partial charge in [0.2, 0.25) is 0 Å². The van der Waals surface area contributed by atoms with Crippen molar-refractivity contribution in [3.63, 3.8) is 0 Å². The number of alkyl halides is 3. The lowest BCUT2D eigenvalue weighted by Crippen LogP contribution is -2.37. The standard InChI is InChI=1S/C26H22F4N2O2/c1-17-8-10-19(11-9-17)24-14-23(34-31-24)16-32(25(33)20-5-3-7-22(27)13-20)15-18-4-2-6-21(12-18)26(28,29)30/h2-13,23H,14-16H2,1H3/t23-/m0/s1. The average Bonchev–Trinajstić information content (AvgIpc) is 3.27. The highest BCUT2D eigenvalue weighted by molar-refractivity contribution is 6.01. The molecule has 0 bridgehead atoms. The van der Waals surface area contributed by atoms with Crippen molar-refractivity contribution in [2.24, 2.45) is 5.16 Å². The molecule has 0 aliphatic carbocycles. The molecule has 34 heavy (non-hydrogen) atoms. The fraction of sp³-hybridized carbons (Fsp3) is 0.231. The molecule has 1 aliphatic heterocycles. The second kappa shape index (κ2) is 9.67. The van der Waals surface area contributed by atoms with E-state index in [9.17, 15) is 22.4 Å². The monoisotopic (exact) mass is 470 g/mol. The van der Waals surface area contributed by atoms with Gasteiger partial charge in [0.15, 0.2) is 6.10 Å². The first-order valence-corrected chi connectivity index (χ1v) is 10.7. The van der Waals surface area contributed by atoms with Crippen LogP contribution in [0, 0.1) is 12.7 Å². The number of rotatable bonds is 6. The Hall–Kier alpha value is -3.68. The van der Waals surface area contributed by atoms with Gasteiger partial charge in [0.1, 0.15) is 5.82 Å². The van der Waals surface area contributed by atoms with Crippen LogP contribution in [0.15, 0.2) is 78.0 Å².